The Morgan fingerprint density at radius 1 is 1.54 bits per heavy atom. The predicted octanol–water partition coefficient (Wildman–Crippen LogP) is 5.19. The molecule has 1 rings (SSSR count). The van der Waals surface area contributed by atoms with Crippen LogP contribution in [0.2, 0.25) is 0 Å². The summed E-state index contributed by atoms with van der Waals surface area (Å²) in [6.45, 7) is 0.662. The quantitative estimate of drug-likeness (QED) is 0.258. The summed E-state index contributed by atoms with van der Waals surface area (Å²) in [5.74, 6) is 0. The summed E-state index contributed by atoms with van der Waals surface area (Å²) in [5, 5.41) is -0.118. The highest BCUT2D eigenvalue weighted by Crippen LogP contribution is 2.64. The third-order valence-electron chi connectivity index (χ3n) is 1.17. The minimum atomic E-state index is -0.118. The summed E-state index contributed by atoms with van der Waals surface area (Å²) in [4.78, 5) is 1.05. The molecule has 0 aromatic carbocycles. The Hall–Kier alpha value is 1.83. The van der Waals surface area contributed by atoms with E-state index >= 15 is 0 Å². The molecule has 0 fully saturated rings. The van der Waals surface area contributed by atoms with Gasteiger partial charge in [-0.15, -0.1) is 11.3 Å². The summed E-state index contributed by atoms with van der Waals surface area (Å²) in [7, 11) is 0. The molecular weight excluding hydrogens is 456 g/mol. The second-order valence-electron chi connectivity index (χ2n) is 2.05. The number of hydrogen-bond acceptors (Lipinski definition) is 3. The van der Waals surface area contributed by atoms with Crippen molar-refractivity contribution in [2.75, 3.05) is 6.61 Å². The molecule has 1 aromatic rings. The molecule has 0 spiro atoms. The Balaban J connectivity index is 2.13. The Bertz CT molecular complexity index is 259. The van der Waals surface area contributed by atoms with Crippen molar-refractivity contribution in [3.63, 3.8) is 0 Å². The van der Waals surface area contributed by atoms with Crippen LogP contribution in [0.15, 0.2) is 12.1 Å². The SMILES string of the molecule is Fc1ccc(CCOSP(I)I)s1. The summed E-state index contributed by atoms with van der Waals surface area (Å²) < 4.78 is 17.7. The van der Waals surface area contributed by atoms with Crippen molar-refractivity contribution < 1.29 is 8.57 Å². The van der Waals surface area contributed by atoms with Gasteiger partial charge in [0, 0.05) is 23.0 Å². The van der Waals surface area contributed by atoms with Gasteiger partial charge in [-0.25, -0.2) is 0 Å². The number of hydrogen-bond donors (Lipinski definition) is 0. The van der Waals surface area contributed by atoms with Crippen molar-refractivity contribution in [3.8, 4) is 0 Å². The molecule has 0 saturated heterocycles. The van der Waals surface area contributed by atoms with Crippen LogP contribution < -0.4 is 0 Å². The maximum atomic E-state index is 12.5. The average molecular weight is 462 g/mol. The van der Waals surface area contributed by atoms with Crippen LogP contribution >= 0.6 is 69.5 Å². The molecule has 1 aromatic heterocycles. The Kier molecular flexibility index (Phi) is 7.10. The fourth-order valence-corrected chi connectivity index (χ4v) is 4.16. The van der Waals surface area contributed by atoms with Gasteiger partial charge in [0.05, 0.1) is 6.61 Å². The van der Waals surface area contributed by atoms with E-state index in [1.165, 1.54) is 29.1 Å². The first-order valence-electron chi connectivity index (χ1n) is 3.34. The molecule has 0 aliphatic carbocycles. The standard InChI is InChI=1S/C6H6FI2OPS2/c7-6-2-1-5(12-6)3-4-10-13-11(8)9/h1-2H,3-4H2. The fourth-order valence-electron chi connectivity index (χ4n) is 0.705. The lowest BCUT2D eigenvalue weighted by Crippen LogP contribution is -1.88. The van der Waals surface area contributed by atoms with E-state index in [1.807, 2.05) is 6.07 Å². The van der Waals surface area contributed by atoms with Gasteiger partial charge >= 0.3 is 0 Å². The molecule has 0 radical (unpaired) electrons. The van der Waals surface area contributed by atoms with Crippen molar-refractivity contribution in [2.24, 2.45) is 0 Å². The van der Waals surface area contributed by atoms with Crippen molar-refractivity contribution in [1.82, 2.24) is 0 Å². The first-order valence-corrected chi connectivity index (χ1v) is 12.4. The highest BCUT2D eigenvalue weighted by atomic mass is 127. The van der Waals surface area contributed by atoms with Crippen LogP contribution in [0.5, 0.6) is 0 Å². The lowest BCUT2D eigenvalue weighted by atomic mass is 10.4. The molecule has 0 saturated carbocycles. The molecule has 0 aliphatic heterocycles. The van der Waals surface area contributed by atoms with Gasteiger partial charge in [0.2, 0.25) is 0 Å². The van der Waals surface area contributed by atoms with Crippen LogP contribution in [0, 0.1) is 5.13 Å². The van der Waals surface area contributed by atoms with Crippen LogP contribution in [-0.2, 0) is 10.6 Å². The second-order valence-corrected chi connectivity index (χ2v) is 20.8. The van der Waals surface area contributed by atoms with E-state index in [1.54, 1.807) is 0 Å². The molecule has 0 N–H and O–H groups in total. The highest BCUT2D eigenvalue weighted by Gasteiger charge is 2.01. The molecule has 74 valence electrons. The van der Waals surface area contributed by atoms with Gasteiger partial charge in [-0.2, -0.15) is 4.39 Å². The Labute approximate surface area is 112 Å². The zero-order valence-electron chi connectivity index (χ0n) is 6.37. The van der Waals surface area contributed by atoms with E-state index in [2.05, 4.69) is 44.1 Å². The minimum absolute atomic E-state index is 0.112. The van der Waals surface area contributed by atoms with Crippen molar-refractivity contribution in [3.05, 3.63) is 22.1 Å². The zero-order valence-corrected chi connectivity index (χ0v) is 13.2. The molecule has 0 atom stereocenters. The van der Waals surface area contributed by atoms with Gasteiger partial charge in [0.1, 0.15) is 2.41 Å². The van der Waals surface area contributed by atoms with Gasteiger partial charge in [-0.05, 0) is 56.2 Å². The zero-order chi connectivity index (χ0) is 9.68. The van der Waals surface area contributed by atoms with Crippen molar-refractivity contribution in [1.29, 1.82) is 0 Å². The van der Waals surface area contributed by atoms with Crippen LogP contribution in [0.1, 0.15) is 4.88 Å². The van der Waals surface area contributed by atoms with Crippen LogP contribution in [-0.4, -0.2) is 6.61 Å². The van der Waals surface area contributed by atoms with E-state index in [4.69, 9.17) is 4.18 Å². The third kappa shape index (κ3) is 6.09. The largest absolute Gasteiger partial charge is 0.309 e. The highest BCUT2D eigenvalue weighted by molar-refractivity contribution is 14.3. The van der Waals surface area contributed by atoms with E-state index < -0.39 is 0 Å². The molecule has 0 amide bonds. The first kappa shape index (κ1) is 12.9. The van der Waals surface area contributed by atoms with Crippen LogP contribution in [0.4, 0.5) is 4.39 Å². The topological polar surface area (TPSA) is 9.23 Å². The van der Waals surface area contributed by atoms with E-state index in [0.29, 0.717) is 6.61 Å². The molecule has 0 bridgehead atoms. The van der Waals surface area contributed by atoms with Crippen LogP contribution in [0.3, 0.4) is 0 Å². The van der Waals surface area contributed by atoms with Crippen LogP contribution in [0.25, 0.3) is 0 Å². The first-order chi connectivity index (χ1) is 6.18. The average Bonchev–Trinajstić information content (AvgIpc) is 2.45. The Morgan fingerprint density at radius 2 is 2.31 bits per heavy atom. The maximum Gasteiger partial charge on any atom is 0.176 e. The van der Waals surface area contributed by atoms with E-state index in [0.717, 1.165) is 11.3 Å². The molecule has 13 heavy (non-hydrogen) atoms. The molecule has 0 aliphatic rings. The van der Waals surface area contributed by atoms with E-state index in [9.17, 15) is 4.39 Å². The predicted molar refractivity (Wildman–Crippen MR) is 76.5 cm³/mol. The number of rotatable bonds is 5. The van der Waals surface area contributed by atoms with Gasteiger partial charge in [0.25, 0.3) is 0 Å². The molecule has 7 heteroatoms. The normalized spacial score (nSPS) is 11.1. The molecule has 1 heterocycles. The monoisotopic (exact) mass is 462 g/mol. The minimum Gasteiger partial charge on any atom is -0.309 e. The third-order valence-corrected chi connectivity index (χ3v) is 6.04. The summed E-state index contributed by atoms with van der Waals surface area (Å²) in [6.07, 6.45) is 0.804. The van der Waals surface area contributed by atoms with Crippen molar-refractivity contribution in [2.45, 2.75) is 6.42 Å². The maximum absolute atomic E-state index is 12.5. The summed E-state index contributed by atoms with van der Waals surface area (Å²) >= 11 is 7.36. The smallest absolute Gasteiger partial charge is 0.176 e. The molecular formula is C6H6FI2OPS2. The van der Waals surface area contributed by atoms with Gasteiger partial charge in [0.15, 0.2) is 5.13 Å². The molecule has 1 nitrogen and oxygen atoms in total. The number of thiophene rings is 1. The Morgan fingerprint density at radius 3 is 2.85 bits per heavy atom. The second kappa shape index (κ2) is 7.16. The van der Waals surface area contributed by atoms with E-state index in [-0.39, 0.29) is 7.54 Å². The molecule has 0 unspecified atom stereocenters. The van der Waals surface area contributed by atoms with Crippen molar-refractivity contribution >= 4 is 69.5 Å². The van der Waals surface area contributed by atoms with Gasteiger partial charge in [-0.1, -0.05) is 0 Å². The lowest BCUT2D eigenvalue weighted by molar-refractivity contribution is 0.386. The van der Waals surface area contributed by atoms with Gasteiger partial charge < -0.3 is 4.18 Å². The van der Waals surface area contributed by atoms with Gasteiger partial charge in [-0.3, -0.25) is 0 Å². The summed E-state index contributed by atoms with van der Waals surface area (Å²) in [5.41, 5.74) is 0. The number of halogens is 3. The fraction of sp³-hybridized carbons (Fsp3) is 0.333. The summed E-state index contributed by atoms with van der Waals surface area (Å²) in [6, 6.07) is 3.31. The lowest BCUT2D eigenvalue weighted by Gasteiger charge is -2.00.